The molecule has 0 aromatic carbocycles. The molecule has 0 saturated carbocycles. The van der Waals surface area contributed by atoms with Crippen LogP contribution in [0.3, 0.4) is 0 Å². The number of hydrogen-bond acceptors (Lipinski definition) is 7. The van der Waals surface area contributed by atoms with Gasteiger partial charge in [-0.2, -0.15) is 0 Å². The van der Waals surface area contributed by atoms with Gasteiger partial charge in [-0.05, 0) is 26.0 Å². The Balaban J connectivity index is 1.88. The second-order valence-electron chi connectivity index (χ2n) is 4.69. The van der Waals surface area contributed by atoms with Crippen molar-refractivity contribution in [3.05, 3.63) is 35.5 Å². The number of nitrogens with one attached hydrogen (secondary N) is 1. The van der Waals surface area contributed by atoms with Crippen LogP contribution in [-0.4, -0.2) is 32.1 Å². The van der Waals surface area contributed by atoms with Crippen LogP contribution in [0, 0.1) is 0 Å². The molecule has 2 heterocycles. The number of hydrogen-bond donors (Lipinski definition) is 1. The molecule has 0 fully saturated rings. The molecule has 0 spiro atoms. The van der Waals surface area contributed by atoms with Crippen LogP contribution in [0.1, 0.15) is 13.8 Å². The first kappa shape index (κ1) is 18.3. The minimum absolute atomic E-state index is 0.142. The van der Waals surface area contributed by atoms with Crippen molar-refractivity contribution in [1.82, 2.24) is 15.2 Å². The van der Waals surface area contributed by atoms with Gasteiger partial charge in [0.1, 0.15) is 5.82 Å². The monoisotopic (exact) mass is 386 g/mol. The first-order valence-corrected chi connectivity index (χ1v) is 9.70. The fraction of sp³-hybridized carbons (Fsp3) is 0.286. The zero-order valence-electron chi connectivity index (χ0n) is 12.6. The van der Waals surface area contributed by atoms with E-state index in [0.717, 1.165) is 20.0 Å². The summed E-state index contributed by atoms with van der Waals surface area (Å²) in [4.78, 5) is 16.2. The van der Waals surface area contributed by atoms with Gasteiger partial charge in [0.05, 0.1) is 10.3 Å². The van der Waals surface area contributed by atoms with Gasteiger partial charge in [0, 0.05) is 11.9 Å². The molecule has 0 aliphatic rings. The van der Waals surface area contributed by atoms with Gasteiger partial charge < -0.3 is 5.32 Å². The third-order valence-electron chi connectivity index (χ3n) is 2.46. The summed E-state index contributed by atoms with van der Waals surface area (Å²) in [7, 11) is 0. The van der Waals surface area contributed by atoms with Crippen LogP contribution in [0.2, 0.25) is 5.02 Å². The third-order valence-corrected chi connectivity index (χ3v) is 6.15. The topological polar surface area (TPSA) is 67.8 Å². The first-order chi connectivity index (χ1) is 10.9. The zero-order chi connectivity index (χ0) is 16.8. The molecule has 122 valence electrons. The highest BCUT2D eigenvalue weighted by Gasteiger charge is 2.17. The molecule has 1 N–H and O–H groups in total. The molecule has 0 bridgehead atoms. The molecule has 5 nitrogen and oxygen atoms in total. The fourth-order valence-electron chi connectivity index (χ4n) is 1.37. The average Bonchev–Trinajstić information content (AvgIpc) is 2.95. The van der Waals surface area contributed by atoms with E-state index in [-0.39, 0.29) is 11.2 Å². The van der Waals surface area contributed by atoms with Gasteiger partial charge in [0.2, 0.25) is 5.91 Å². The fourth-order valence-corrected chi connectivity index (χ4v) is 4.49. The van der Waals surface area contributed by atoms with E-state index < -0.39 is 0 Å². The lowest BCUT2D eigenvalue weighted by atomic mass is 10.4. The van der Waals surface area contributed by atoms with Gasteiger partial charge in [0.25, 0.3) is 0 Å². The SMILES string of the molecule is C=C(C)CSc1nnc(S[C@@H](C)C(=O)Nc2ccc(Cl)cn2)s1. The van der Waals surface area contributed by atoms with Crippen molar-refractivity contribution >= 4 is 58.2 Å². The number of halogens is 1. The Morgan fingerprint density at radius 2 is 2.17 bits per heavy atom. The molecule has 1 amide bonds. The maximum Gasteiger partial charge on any atom is 0.238 e. The normalized spacial score (nSPS) is 12.0. The summed E-state index contributed by atoms with van der Waals surface area (Å²) in [5.74, 6) is 1.15. The smallest absolute Gasteiger partial charge is 0.238 e. The number of pyridine rings is 1. The largest absolute Gasteiger partial charge is 0.310 e. The summed E-state index contributed by atoms with van der Waals surface area (Å²) in [6.07, 6.45) is 1.49. The van der Waals surface area contributed by atoms with Crippen molar-refractivity contribution in [2.75, 3.05) is 11.1 Å². The van der Waals surface area contributed by atoms with Crippen LogP contribution < -0.4 is 5.32 Å². The number of rotatable bonds is 7. The minimum Gasteiger partial charge on any atom is -0.310 e. The van der Waals surface area contributed by atoms with Gasteiger partial charge in [-0.25, -0.2) is 4.98 Å². The molecule has 2 aromatic heterocycles. The Labute approximate surface area is 152 Å². The van der Waals surface area contributed by atoms with E-state index in [1.807, 2.05) is 13.8 Å². The summed E-state index contributed by atoms with van der Waals surface area (Å²) in [5.41, 5.74) is 1.09. The Kier molecular flexibility index (Phi) is 6.88. The number of carbonyl (C=O) groups excluding carboxylic acids is 1. The lowest BCUT2D eigenvalue weighted by Gasteiger charge is -2.09. The van der Waals surface area contributed by atoms with E-state index in [4.69, 9.17) is 11.6 Å². The van der Waals surface area contributed by atoms with Gasteiger partial charge >= 0.3 is 0 Å². The lowest BCUT2D eigenvalue weighted by Crippen LogP contribution is -2.22. The molecule has 0 aliphatic carbocycles. The van der Waals surface area contributed by atoms with Crippen molar-refractivity contribution in [2.45, 2.75) is 27.8 Å². The van der Waals surface area contributed by atoms with E-state index in [1.54, 1.807) is 23.9 Å². The van der Waals surface area contributed by atoms with Crippen LogP contribution in [0.5, 0.6) is 0 Å². The summed E-state index contributed by atoms with van der Waals surface area (Å²) in [6.45, 7) is 7.65. The molecule has 23 heavy (non-hydrogen) atoms. The van der Waals surface area contributed by atoms with Crippen molar-refractivity contribution < 1.29 is 4.79 Å². The van der Waals surface area contributed by atoms with Crippen LogP contribution in [-0.2, 0) is 4.79 Å². The highest BCUT2D eigenvalue weighted by Crippen LogP contribution is 2.32. The number of amides is 1. The summed E-state index contributed by atoms with van der Waals surface area (Å²) < 4.78 is 1.64. The number of carbonyl (C=O) groups is 1. The van der Waals surface area contributed by atoms with Gasteiger partial charge in [0.15, 0.2) is 8.68 Å². The van der Waals surface area contributed by atoms with E-state index >= 15 is 0 Å². The molecule has 0 radical (unpaired) electrons. The Bertz CT molecular complexity index is 690. The highest BCUT2D eigenvalue weighted by molar-refractivity contribution is 8.04. The quantitative estimate of drug-likeness (QED) is 0.562. The van der Waals surface area contributed by atoms with Crippen LogP contribution in [0.15, 0.2) is 39.2 Å². The van der Waals surface area contributed by atoms with Crippen LogP contribution in [0.25, 0.3) is 0 Å². The maximum absolute atomic E-state index is 12.2. The summed E-state index contributed by atoms with van der Waals surface area (Å²) >= 11 is 10.2. The first-order valence-electron chi connectivity index (χ1n) is 6.64. The number of aromatic nitrogens is 3. The number of anilines is 1. The van der Waals surface area contributed by atoms with E-state index in [1.165, 1.54) is 29.3 Å². The van der Waals surface area contributed by atoms with E-state index in [2.05, 4.69) is 27.1 Å². The van der Waals surface area contributed by atoms with Crippen molar-refractivity contribution in [3.8, 4) is 0 Å². The summed E-state index contributed by atoms with van der Waals surface area (Å²) in [5, 5.41) is 11.2. The Hall–Kier alpha value is -1.09. The molecule has 2 rings (SSSR count). The Morgan fingerprint density at radius 3 is 2.83 bits per heavy atom. The summed E-state index contributed by atoms with van der Waals surface area (Å²) in [6, 6.07) is 3.34. The molecular weight excluding hydrogens is 372 g/mol. The maximum atomic E-state index is 12.2. The zero-order valence-corrected chi connectivity index (χ0v) is 15.8. The highest BCUT2D eigenvalue weighted by atomic mass is 35.5. The molecule has 0 unspecified atom stereocenters. The molecule has 2 aromatic rings. The van der Waals surface area contributed by atoms with E-state index in [9.17, 15) is 4.79 Å². The van der Waals surface area contributed by atoms with Gasteiger partial charge in [-0.15, -0.1) is 10.2 Å². The third kappa shape index (κ3) is 6.14. The van der Waals surface area contributed by atoms with Crippen LogP contribution in [0.4, 0.5) is 5.82 Å². The van der Waals surface area contributed by atoms with Crippen molar-refractivity contribution in [1.29, 1.82) is 0 Å². The van der Waals surface area contributed by atoms with Crippen molar-refractivity contribution in [2.24, 2.45) is 0 Å². The molecular formula is C14H15ClN4OS3. The molecule has 0 aliphatic heterocycles. The lowest BCUT2D eigenvalue weighted by molar-refractivity contribution is -0.115. The molecule has 0 saturated heterocycles. The van der Waals surface area contributed by atoms with E-state index in [0.29, 0.717) is 10.8 Å². The number of thioether (sulfide) groups is 2. The predicted molar refractivity (Wildman–Crippen MR) is 98.6 cm³/mol. The molecule has 9 heteroatoms. The minimum atomic E-state index is -0.306. The second kappa shape index (κ2) is 8.68. The van der Waals surface area contributed by atoms with Crippen molar-refractivity contribution in [3.63, 3.8) is 0 Å². The Morgan fingerprint density at radius 1 is 1.43 bits per heavy atom. The van der Waals surface area contributed by atoms with Gasteiger partial charge in [-0.1, -0.05) is 58.6 Å². The second-order valence-corrected chi connectivity index (χ2v) is 8.91. The average molecular weight is 387 g/mol. The molecule has 1 atom stereocenters. The predicted octanol–water partition coefficient (Wildman–Crippen LogP) is 4.37. The number of nitrogens with zero attached hydrogens (tertiary/aromatic N) is 3. The van der Waals surface area contributed by atoms with Crippen LogP contribution >= 0.6 is 46.5 Å². The standard InChI is InChI=1S/C14H15ClN4OS3/c1-8(2)7-21-13-18-19-14(23-13)22-9(3)12(20)17-11-5-4-10(15)6-16-11/h4-6,9H,1,7H2,2-3H3,(H,16,17,20)/t9-/m0/s1. The van der Waals surface area contributed by atoms with Gasteiger partial charge in [-0.3, -0.25) is 4.79 Å².